The number of aromatic nitrogens is 4. The van der Waals surface area contributed by atoms with Crippen molar-refractivity contribution in [3.63, 3.8) is 0 Å². The van der Waals surface area contributed by atoms with E-state index in [9.17, 15) is 4.79 Å². The van der Waals surface area contributed by atoms with E-state index in [0.717, 1.165) is 16.5 Å². The van der Waals surface area contributed by atoms with Crippen molar-refractivity contribution in [2.45, 2.75) is 12.6 Å². The van der Waals surface area contributed by atoms with Crippen molar-refractivity contribution in [1.29, 1.82) is 0 Å². The number of nitrogens with zero attached hydrogens (tertiary/aromatic N) is 4. The van der Waals surface area contributed by atoms with Crippen LogP contribution < -0.4 is 5.32 Å². The molecule has 6 nitrogen and oxygen atoms in total. The predicted octanol–water partition coefficient (Wildman–Crippen LogP) is 2.94. The SMILES string of the molecule is Cn1ccc2c(C(=O)N[C@H](Cn3cncn3)c3ccccc3)cccc21. The molecule has 0 aliphatic rings. The first-order valence-corrected chi connectivity index (χ1v) is 8.44. The maximum absolute atomic E-state index is 13.0. The summed E-state index contributed by atoms with van der Waals surface area (Å²) in [5.74, 6) is -0.101. The smallest absolute Gasteiger partial charge is 0.252 e. The Morgan fingerprint density at radius 2 is 1.96 bits per heavy atom. The van der Waals surface area contributed by atoms with Gasteiger partial charge in [0.25, 0.3) is 5.91 Å². The second-order valence-electron chi connectivity index (χ2n) is 6.22. The molecule has 1 atom stereocenters. The van der Waals surface area contributed by atoms with Crippen LogP contribution in [0.25, 0.3) is 10.9 Å². The van der Waals surface area contributed by atoms with Crippen molar-refractivity contribution in [2.75, 3.05) is 0 Å². The van der Waals surface area contributed by atoms with Gasteiger partial charge >= 0.3 is 0 Å². The summed E-state index contributed by atoms with van der Waals surface area (Å²) in [6.45, 7) is 0.514. The van der Waals surface area contributed by atoms with E-state index in [1.54, 1.807) is 11.0 Å². The van der Waals surface area contributed by atoms with E-state index in [1.807, 2.05) is 72.4 Å². The van der Waals surface area contributed by atoms with E-state index in [4.69, 9.17) is 0 Å². The first kappa shape index (κ1) is 16.1. The van der Waals surface area contributed by atoms with Crippen LogP contribution >= 0.6 is 0 Å². The van der Waals surface area contributed by atoms with Gasteiger partial charge < -0.3 is 9.88 Å². The minimum Gasteiger partial charge on any atom is -0.351 e. The van der Waals surface area contributed by atoms with Crippen molar-refractivity contribution in [3.05, 3.63) is 84.6 Å². The Morgan fingerprint density at radius 1 is 1.12 bits per heavy atom. The van der Waals surface area contributed by atoms with Crippen molar-refractivity contribution in [2.24, 2.45) is 7.05 Å². The lowest BCUT2D eigenvalue weighted by Crippen LogP contribution is -2.31. The number of carbonyl (C=O) groups is 1. The van der Waals surface area contributed by atoms with Crippen LogP contribution in [0, 0.1) is 0 Å². The molecule has 2 aromatic heterocycles. The molecule has 0 spiro atoms. The molecule has 4 rings (SSSR count). The van der Waals surface area contributed by atoms with E-state index in [0.29, 0.717) is 12.1 Å². The van der Waals surface area contributed by atoms with Crippen molar-refractivity contribution >= 4 is 16.8 Å². The Morgan fingerprint density at radius 3 is 2.73 bits per heavy atom. The first-order chi connectivity index (χ1) is 12.7. The van der Waals surface area contributed by atoms with Crippen LogP contribution in [-0.4, -0.2) is 25.2 Å². The van der Waals surface area contributed by atoms with Crippen LogP contribution in [-0.2, 0) is 13.6 Å². The highest BCUT2D eigenvalue weighted by Crippen LogP contribution is 2.21. The summed E-state index contributed by atoms with van der Waals surface area (Å²) in [5.41, 5.74) is 2.73. The molecule has 1 N–H and O–H groups in total. The van der Waals surface area contributed by atoms with Gasteiger partial charge in [-0.15, -0.1) is 0 Å². The fraction of sp³-hybridized carbons (Fsp3) is 0.150. The summed E-state index contributed by atoms with van der Waals surface area (Å²) in [5, 5.41) is 8.26. The number of aryl methyl sites for hydroxylation is 1. The zero-order valence-electron chi connectivity index (χ0n) is 14.4. The zero-order valence-corrected chi connectivity index (χ0v) is 14.4. The van der Waals surface area contributed by atoms with Gasteiger partial charge in [-0.1, -0.05) is 36.4 Å². The number of nitrogens with one attached hydrogen (secondary N) is 1. The van der Waals surface area contributed by atoms with Gasteiger partial charge in [-0.3, -0.25) is 9.48 Å². The summed E-state index contributed by atoms with van der Waals surface area (Å²) in [7, 11) is 1.97. The van der Waals surface area contributed by atoms with Gasteiger partial charge in [0.05, 0.1) is 12.6 Å². The number of rotatable bonds is 5. The van der Waals surface area contributed by atoms with Crippen LogP contribution in [0.15, 0.2) is 73.4 Å². The largest absolute Gasteiger partial charge is 0.351 e. The summed E-state index contributed by atoms with van der Waals surface area (Å²) in [4.78, 5) is 17.0. The quantitative estimate of drug-likeness (QED) is 0.605. The number of benzene rings is 2. The summed E-state index contributed by atoms with van der Waals surface area (Å²) >= 11 is 0. The van der Waals surface area contributed by atoms with Crippen LogP contribution in [0.1, 0.15) is 22.0 Å². The topological polar surface area (TPSA) is 64.7 Å². The third kappa shape index (κ3) is 3.09. The lowest BCUT2D eigenvalue weighted by atomic mass is 10.0. The lowest BCUT2D eigenvalue weighted by molar-refractivity contribution is 0.0933. The van der Waals surface area contributed by atoms with E-state index < -0.39 is 0 Å². The minimum absolute atomic E-state index is 0.101. The molecule has 4 aromatic rings. The van der Waals surface area contributed by atoms with Gasteiger partial charge in [0.2, 0.25) is 0 Å². The molecule has 0 saturated heterocycles. The van der Waals surface area contributed by atoms with Crippen molar-refractivity contribution in [3.8, 4) is 0 Å². The van der Waals surface area contributed by atoms with Crippen LogP contribution in [0.5, 0.6) is 0 Å². The van der Waals surface area contributed by atoms with Gasteiger partial charge in [-0.2, -0.15) is 5.10 Å². The molecule has 2 aromatic carbocycles. The number of carbonyl (C=O) groups excluding carboxylic acids is 1. The standard InChI is InChI=1S/C20H19N5O/c1-24-11-10-16-17(8-5-9-19(16)24)20(26)23-18(12-25-14-21-13-22-25)15-6-3-2-4-7-15/h2-11,13-14,18H,12H2,1H3,(H,23,26)/t18-/m1/s1. The summed E-state index contributed by atoms with van der Waals surface area (Å²) in [6, 6.07) is 17.4. The van der Waals surface area contributed by atoms with Crippen molar-refractivity contribution < 1.29 is 4.79 Å². The molecular weight excluding hydrogens is 326 g/mol. The Hall–Kier alpha value is -3.41. The number of fused-ring (bicyclic) bond motifs is 1. The van der Waals surface area contributed by atoms with Crippen LogP contribution in [0.4, 0.5) is 0 Å². The number of amides is 1. The highest BCUT2D eigenvalue weighted by molar-refractivity contribution is 6.06. The fourth-order valence-corrected chi connectivity index (χ4v) is 3.17. The van der Waals surface area contributed by atoms with Gasteiger partial charge in [0.1, 0.15) is 12.7 Å². The third-order valence-electron chi connectivity index (χ3n) is 4.52. The lowest BCUT2D eigenvalue weighted by Gasteiger charge is -2.19. The second-order valence-corrected chi connectivity index (χ2v) is 6.22. The normalized spacial score (nSPS) is 12.2. The molecule has 130 valence electrons. The average Bonchev–Trinajstić information content (AvgIpc) is 3.32. The molecule has 0 saturated carbocycles. The van der Waals surface area contributed by atoms with E-state index in [-0.39, 0.29) is 11.9 Å². The zero-order chi connectivity index (χ0) is 17.9. The molecule has 0 aliphatic carbocycles. The van der Waals surface area contributed by atoms with Crippen LogP contribution in [0.2, 0.25) is 0 Å². The molecule has 0 aliphatic heterocycles. The van der Waals surface area contributed by atoms with Crippen molar-refractivity contribution in [1.82, 2.24) is 24.6 Å². The minimum atomic E-state index is -0.204. The van der Waals surface area contributed by atoms with Gasteiger partial charge in [0, 0.05) is 29.7 Å². The van der Waals surface area contributed by atoms with Gasteiger partial charge in [-0.05, 0) is 23.8 Å². The Bertz CT molecular complexity index is 1020. The molecule has 1 amide bonds. The highest BCUT2D eigenvalue weighted by Gasteiger charge is 2.18. The molecule has 0 bridgehead atoms. The van der Waals surface area contributed by atoms with Gasteiger partial charge in [0.15, 0.2) is 0 Å². The molecule has 6 heteroatoms. The summed E-state index contributed by atoms with van der Waals surface area (Å²) in [6.07, 6.45) is 5.11. The molecule has 2 heterocycles. The Kier molecular flexibility index (Phi) is 4.23. The Labute approximate surface area is 151 Å². The van der Waals surface area contributed by atoms with E-state index in [1.165, 1.54) is 6.33 Å². The number of hydrogen-bond acceptors (Lipinski definition) is 3. The third-order valence-corrected chi connectivity index (χ3v) is 4.52. The number of hydrogen-bond donors (Lipinski definition) is 1. The molecular formula is C20H19N5O. The predicted molar refractivity (Wildman–Crippen MR) is 99.6 cm³/mol. The summed E-state index contributed by atoms with van der Waals surface area (Å²) < 4.78 is 3.73. The molecule has 0 radical (unpaired) electrons. The maximum Gasteiger partial charge on any atom is 0.252 e. The fourth-order valence-electron chi connectivity index (χ4n) is 3.17. The second kappa shape index (κ2) is 6.84. The first-order valence-electron chi connectivity index (χ1n) is 8.44. The van der Waals surface area contributed by atoms with Gasteiger partial charge in [-0.25, -0.2) is 4.98 Å². The van der Waals surface area contributed by atoms with E-state index in [2.05, 4.69) is 15.4 Å². The average molecular weight is 345 g/mol. The van der Waals surface area contributed by atoms with Crippen LogP contribution in [0.3, 0.4) is 0 Å². The maximum atomic E-state index is 13.0. The monoisotopic (exact) mass is 345 g/mol. The highest BCUT2D eigenvalue weighted by atomic mass is 16.1. The molecule has 26 heavy (non-hydrogen) atoms. The Balaban J connectivity index is 1.65. The molecule has 0 fully saturated rings. The van der Waals surface area contributed by atoms with E-state index >= 15 is 0 Å². The molecule has 0 unspecified atom stereocenters.